The fourth-order valence-electron chi connectivity index (χ4n) is 2.72. The molecule has 1 heterocycles. The molecule has 1 aliphatic rings. The first-order valence-electron chi connectivity index (χ1n) is 7.89. The highest BCUT2D eigenvalue weighted by Crippen LogP contribution is 2.09. The summed E-state index contributed by atoms with van der Waals surface area (Å²) >= 11 is 0. The average Bonchev–Trinajstić information content (AvgIpc) is 2.48. The van der Waals surface area contributed by atoms with Crippen LogP contribution >= 0.6 is 0 Å². The lowest BCUT2D eigenvalue weighted by Gasteiger charge is -2.26. The molecule has 1 fully saturated rings. The van der Waals surface area contributed by atoms with Crippen molar-refractivity contribution in [2.75, 3.05) is 26.2 Å². The summed E-state index contributed by atoms with van der Waals surface area (Å²) < 4.78 is 26.6. The van der Waals surface area contributed by atoms with Crippen molar-refractivity contribution >= 4 is 10.0 Å². The maximum Gasteiger partial charge on any atom is 0.215 e. The molecule has 21 heavy (non-hydrogen) atoms. The number of sulfonamides is 1. The molecular weight excluding hydrogens is 284 g/mol. The van der Waals surface area contributed by atoms with E-state index in [2.05, 4.69) is 9.62 Å². The molecule has 0 aromatic heterocycles. The van der Waals surface area contributed by atoms with Gasteiger partial charge in [0.1, 0.15) is 0 Å². The molecule has 0 bridgehead atoms. The Bertz CT molecular complexity index is 496. The molecule has 1 aromatic rings. The Hall–Kier alpha value is -0.910. The zero-order valence-corrected chi connectivity index (χ0v) is 13.4. The molecule has 0 amide bonds. The molecule has 0 unspecified atom stereocenters. The van der Waals surface area contributed by atoms with E-state index >= 15 is 0 Å². The van der Waals surface area contributed by atoms with Crippen LogP contribution in [0.25, 0.3) is 0 Å². The summed E-state index contributed by atoms with van der Waals surface area (Å²) in [7, 11) is -3.20. The van der Waals surface area contributed by atoms with Crippen molar-refractivity contribution in [3.8, 4) is 0 Å². The van der Waals surface area contributed by atoms with Crippen molar-refractivity contribution in [2.24, 2.45) is 0 Å². The topological polar surface area (TPSA) is 49.4 Å². The smallest absolute Gasteiger partial charge is 0.215 e. The largest absolute Gasteiger partial charge is 0.303 e. The standard InChI is InChI=1S/C16H26N2O2S/c19-21(20,15-16-9-3-1-4-10-16)17-11-5-8-14-18-12-6-2-7-13-18/h1,3-4,9-10,17H,2,5-8,11-15H2. The van der Waals surface area contributed by atoms with E-state index in [0.29, 0.717) is 6.54 Å². The predicted octanol–water partition coefficient (Wildman–Crippen LogP) is 2.37. The summed E-state index contributed by atoms with van der Waals surface area (Å²) in [5.41, 5.74) is 0.832. The van der Waals surface area contributed by atoms with Gasteiger partial charge in [-0.3, -0.25) is 0 Å². The molecule has 0 atom stereocenters. The van der Waals surface area contributed by atoms with Crippen LogP contribution in [0, 0.1) is 0 Å². The quantitative estimate of drug-likeness (QED) is 0.750. The Balaban J connectivity index is 1.61. The average molecular weight is 310 g/mol. The van der Waals surface area contributed by atoms with Crippen molar-refractivity contribution in [1.29, 1.82) is 0 Å². The maximum absolute atomic E-state index is 11.9. The summed E-state index contributed by atoms with van der Waals surface area (Å²) in [6, 6.07) is 9.31. The Morgan fingerprint density at radius 2 is 1.71 bits per heavy atom. The van der Waals surface area contributed by atoms with Crippen LogP contribution in [0.4, 0.5) is 0 Å². The molecule has 0 spiro atoms. The van der Waals surface area contributed by atoms with E-state index in [0.717, 1.165) is 24.9 Å². The number of hydrogen-bond donors (Lipinski definition) is 1. The van der Waals surface area contributed by atoms with Gasteiger partial charge in [0, 0.05) is 6.54 Å². The lowest BCUT2D eigenvalue weighted by molar-refractivity contribution is 0.225. The Morgan fingerprint density at radius 1 is 1.00 bits per heavy atom. The highest BCUT2D eigenvalue weighted by molar-refractivity contribution is 7.88. The predicted molar refractivity (Wildman–Crippen MR) is 86.6 cm³/mol. The fourth-order valence-corrected chi connectivity index (χ4v) is 3.90. The number of hydrogen-bond acceptors (Lipinski definition) is 3. The van der Waals surface area contributed by atoms with Crippen molar-refractivity contribution in [3.05, 3.63) is 35.9 Å². The van der Waals surface area contributed by atoms with Crippen molar-refractivity contribution in [2.45, 2.75) is 37.9 Å². The zero-order valence-electron chi connectivity index (χ0n) is 12.6. The number of unbranched alkanes of at least 4 members (excludes halogenated alkanes) is 1. The molecular formula is C16H26N2O2S. The molecule has 118 valence electrons. The second-order valence-electron chi connectivity index (χ2n) is 5.75. The summed E-state index contributed by atoms with van der Waals surface area (Å²) in [6.07, 6.45) is 5.95. The van der Waals surface area contributed by atoms with Crippen LogP contribution in [0.2, 0.25) is 0 Å². The first-order valence-corrected chi connectivity index (χ1v) is 9.54. The number of nitrogens with zero attached hydrogens (tertiary/aromatic N) is 1. The Labute approximate surface area is 128 Å². The van der Waals surface area contributed by atoms with Gasteiger partial charge in [-0.1, -0.05) is 36.8 Å². The monoisotopic (exact) mass is 310 g/mol. The molecule has 1 saturated heterocycles. The van der Waals surface area contributed by atoms with Gasteiger partial charge in [-0.05, 0) is 50.9 Å². The van der Waals surface area contributed by atoms with Crippen LogP contribution < -0.4 is 4.72 Å². The van der Waals surface area contributed by atoms with Gasteiger partial charge in [0.05, 0.1) is 5.75 Å². The van der Waals surface area contributed by atoms with E-state index in [1.165, 1.54) is 32.4 Å². The lowest BCUT2D eigenvalue weighted by atomic mass is 10.1. The molecule has 4 nitrogen and oxygen atoms in total. The van der Waals surface area contributed by atoms with Crippen LogP contribution in [-0.2, 0) is 15.8 Å². The summed E-state index contributed by atoms with van der Waals surface area (Å²) in [6.45, 7) is 4.06. The third kappa shape index (κ3) is 6.59. The number of benzene rings is 1. The van der Waals surface area contributed by atoms with Crippen LogP contribution in [0.15, 0.2) is 30.3 Å². The fraction of sp³-hybridized carbons (Fsp3) is 0.625. The van der Waals surface area contributed by atoms with E-state index < -0.39 is 10.0 Å². The van der Waals surface area contributed by atoms with Gasteiger partial charge in [0.2, 0.25) is 10.0 Å². The van der Waals surface area contributed by atoms with E-state index in [9.17, 15) is 8.42 Å². The SMILES string of the molecule is O=S(=O)(Cc1ccccc1)NCCCCN1CCCCC1. The van der Waals surface area contributed by atoms with Gasteiger partial charge < -0.3 is 4.90 Å². The first kappa shape index (κ1) is 16.5. The lowest BCUT2D eigenvalue weighted by Crippen LogP contribution is -2.31. The van der Waals surface area contributed by atoms with Gasteiger partial charge in [0.25, 0.3) is 0 Å². The minimum Gasteiger partial charge on any atom is -0.303 e. The summed E-state index contributed by atoms with van der Waals surface area (Å²) in [5.74, 6) is 0.0694. The molecule has 0 saturated carbocycles. The van der Waals surface area contributed by atoms with Gasteiger partial charge in [-0.2, -0.15) is 0 Å². The Morgan fingerprint density at radius 3 is 2.43 bits per heavy atom. The van der Waals surface area contributed by atoms with Crippen molar-refractivity contribution in [1.82, 2.24) is 9.62 Å². The van der Waals surface area contributed by atoms with Crippen LogP contribution in [0.1, 0.15) is 37.7 Å². The molecule has 5 heteroatoms. The first-order chi connectivity index (χ1) is 10.2. The molecule has 1 aromatic carbocycles. The van der Waals surface area contributed by atoms with E-state index in [1.807, 2.05) is 30.3 Å². The van der Waals surface area contributed by atoms with E-state index in [-0.39, 0.29) is 5.75 Å². The van der Waals surface area contributed by atoms with Crippen LogP contribution in [0.5, 0.6) is 0 Å². The van der Waals surface area contributed by atoms with Crippen molar-refractivity contribution < 1.29 is 8.42 Å². The molecule has 1 N–H and O–H groups in total. The minimum absolute atomic E-state index is 0.0694. The highest BCUT2D eigenvalue weighted by atomic mass is 32.2. The van der Waals surface area contributed by atoms with Gasteiger partial charge in [-0.15, -0.1) is 0 Å². The van der Waals surface area contributed by atoms with Gasteiger partial charge >= 0.3 is 0 Å². The molecule has 0 radical (unpaired) electrons. The minimum atomic E-state index is -3.20. The number of nitrogens with one attached hydrogen (secondary N) is 1. The highest BCUT2D eigenvalue weighted by Gasteiger charge is 2.11. The number of piperidine rings is 1. The van der Waals surface area contributed by atoms with E-state index in [1.54, 1.807) is 0 Å². The third-order valence-electron chi connectivity index (χ3n) is 3.87. The summed E-state index contributed by atoms with van der Waals surface area (Å²) in [4.78, 5) is 2.49. The van der Waals surface area contributed by atoms with Gasteiger partial charge in [0.15, 0.2) is 0 Å². The summed E-state index contributed by atoms with van der Waals surface area (Å²) in [5, 5.41) is 0. The second kappa shape index (κ2) is 8.51. The molecule has 2 rings (SSSR count). The second-order valence-corrected chi connectivity index (χ2v) is 7.56. The number of likely N-dealkylation sites (tertiary alicyclic amines) is 1. The molecule has 1 aliphatic heterocycles. The van der Waals surface area contributed by atoms with Crippen molar-refractivity contribution in [3.63, 3.8) is 0 Å². The van der Waals surface area contributed by atoms with Gasteiger partial charge in [-0.25, -0.2) is 13.1 Å². The zero-order chi connectivity index (χ0) is 15.0. The third-order valence-corrected chi connectivity index (χ3v) is 5.23. The normalized spacial score (nSPS) is 17.0. The van der Waals surface area contributed by atoms with Crippen LogP contribution in [0.3, 0.4) is 0 Å². The Kier molecular flexibility index (Phi) is 6.67. The maximum atomic E-state index is 11.9. The number of rotatable bonds is 8. The molecule has 0 aliphatic carbocycles. The van der Waals surface area contributed by atoms with Crippen LogP contribution in [-0.4, -0.2) is 39.5 Å². The van der Waals surface area contributed by atoms with E-state index in [4.69, 9.17) is 0 Å².